The predicted octanol–water partition coefficient (Wildman–Crippen LogP) is 3.07. The highest BCUT2D eigenvalue weighted by molar-refractivity contribution is 9.10. The number of ether oxygens (including phenoxy) is 1. The molecule has 2 nitrogen and oxygen atoms in total. The van der Waals surface area contributed by atoms with Crippen molar-refractivity contribution in [2.45, 2.75) is 6.36 Å². The largest absolute Gasteiger partial charge is 0.573 e. The summed E-state index contributed by atoms with van der Waals surface area (Å²) in [5, 5.41) is 0. The first-order chi connectivity index (χ1) is 6.31. The number of nitrogens with two attached hydrogens (primary N) is 1. The summed E-state index contributed by atoms with van der Waals surface area (Å²) in [5.74, 6) is -1.64. The average Bonchev–Trinajstić information content (AvgIpc) is 2.04. The highest BCUT2D eigenvalue weighted by Crippen LogP contribution is 2.36. The highest BCUT2D eigenvalue weighted by Gasteiger charge is 2.33. The van der Waals surface area contributed by atoms with E-state index in [1.807, 2.05) is 0 Å². The SMILES string of the molecule is Nc1ccc(F)c(Br)c1OC(F)(F)F. The van der Waals surface area contributed by atoms with Crippen molar-refractivity contribution >= 4 is 21.6 Å². The molecule has 2 N–H and O–H groups in total. The number of rotatable bonds is 1. The Labute approximate surface area is 84.8 Å². The molecule has 0 radical (unpaired) electrons. The Morgan fingerprint density at radius 1 is 1.29 bits per heavy atom. The number of benzene rings is 1. The summed E-state index contributed by atoms with van der Waals surface area (Å²) in [6.45, 7) is 0. The summed E-state index contributed by atoms with van der Waals surface area (Å²) in [4.78, 5) is 0. The molecule has 0 aromatic heterocycles. The van der Waals surface area contributed by atoms with E-state index in [9.17, 15) is 17.6 Å². The van der Waals surface area contributed by atoms with Gasteiger partial charge in [0.25, 0.3) is 0 Å². The van der Waals surface area contributed by atoms with Gasteiger partial charge in [-0.15, -0.1) is 13.2 Å². The minimum absolute atomic E-state index is 0.296. The summed E-state index contributed by atoms with van der Waals surface area (Å²) in [7, 11) is 0. The number of hydrogen-bond acceptors (Lipinski definition) is 2. The molecule has 0 spiro atoms. The highest BCUT2D eigenvalue weighted by atomic mass is 79.9. The van der Waals surface area contributed by atoms with Crippen molar-refractivity contribution in [3.05, 3.63) is 22.4 Å². The van der Waals surface area contributed by atoms with Crippen LogP contribution < -0.4 is 10.5 Å². The molecule has 0 saturated carbocycles. The lowest BCUT2D eigenvalue weighted by Gasteiger charge is -2.12. The second kappa shape index (κ2) is 3.64. The van der Waals surface area contributed by atoms with Crippen LogP contribution in [-0.4, -0.2) is 6.36 Å². The first-order valence-electron chi connectivity index (χ1n) is 3.30. The fourth-order valence-corrected chi connectivity index (χ4v) is 1.21. The minimum Gasteiger partial charge on any atom is -0.402 e. The second-order valence-electron chi connectivity index (χ2n) is 2.33. The zero-order valence-corrected chi connectivity index (χ0v) is 8.12. The lowest BCUT2D eigenvalue weighted by molar-refractivity contribution is -0.274. The number of halogens is 5. The molecule has 1 aromatic carbocycles. The van der Waals surface area contributed by atoms with Gasteiger partial charge in [0.2, 0.25) is 0 Å². The van der Waals surface area contributed by atoms with Crippen LogP contribution in [0.4, 0.5) is 23.2 Å². The smallest absolute Gasteiger partial charge is 0.402 e. The first kappa shape index (κ1) is 11.1. The van der Waals surface area contributed by atoms with E-state index in [-0.39, 0.29) is 5.69 Å². The van der Waals surface area contributed by atoms with E-state index < -0.39 is 22.4 Å². The zero-order valence-electron chi connectivity index (χ0n) is 6.53. The Bertz CT molecular complexity index is 352. The van der Waals surface area contributed by atoms with Crippen molar-refractivity contribution in [3.63, 3.8) is 0 Å². The summed E-state index contributed by atoms with van der Waals surface area (Å²) in [6, 6.07) is 1.92. The topological polar surface area (TPSA) is 35.2 Å². The van der Waals surface area contributed by atoms with E-state index in [1.165, 1.54) is 0 Å². The third-order valence-corrected chi connectivity index (χ3v) is 2.04. The Morgan fingerprint density at radius 2 is 1.86 bits per heavy atom. The van der Waals surface area contributed by atoms with Gasteiger partial charge >= 0.3 is 6.36 Å². The standard InChI is InChI=1S/C7H4BrF4NO/c8-5-3(9)1-2-4(13)6(5)14-7(10,11)12/h1-2H,13H2. The lowest BCUT2D eigenvalue weighted by Crippen LogP contribution is -2.18. The van der Waals surface area contributed by atoms with Crippen molar-refractivity contribution in [1.82, 2.24) is 0 Å². The normalized spacial score (nSPS) is 11.5. The van der Waals surface area contributed by atoms with Gasteiger partial charge in [0.05, 0.1) is 10.2 Å². The maximum atomic E-state index is 12.8. The molecule has 78 valence electrons. The van der Waals surface area contributed by atoms with E-state index >= 15 is 0 Å². The van der Waals surface area contributed by atoms with Gasteiger partial charge < -0.3 is 10.5 Å². The molecule has 0 aliphatic heterocycles. The second-order valence-corrected chi connectivity index (χ2v) is 3.12. The minimum atomic E-state index is -4.90. The summed E-state index contributed by atoms with van der Waals surface area (Å²) in [6.07, 6.45) is -4.90. The number of nitrogen functional groups attached to an aromatic ring is 1. The summed E-state index contributed by atoms with van der Waals surface area (Å²) in [5.41, 5.74) is 4.88. The third-order valence-electron chi connectivity index (χ3n) is 1.30. The van der Waals surface area contributed by atoms with Crippen LogP contribution in [0, 0.1) is 5.82 Å². The monoisotopic (exact) mass is 273 g/mol. The molecule has 1 aromatic rings. The van der Waals surface area contributed by atoms with E-state index in [1.54, 1.807) is 0 Å². The molecule has 0 fully saturated rings. The number of hydrogen-bond donors (Lipinski definition) is 1. The van der Waals surface area contributed by atoms with Crippen LogP contribution in [0.15, 0.2) is 16.6 Å². The molecule has 7 heteroatoms. The van der Waals surface area contributed by atoms with Gasteiger partial charge in [0.1, 0.15) is 5.82 Å². The Morgan fingerprint density at radius 3 is 2.36 bits per heavy atom. The van der Waals surface area contributed by atoms with Gasteiger partial charge in [-0.1, -0.05) is 0 Å². The molecule has 0 aliphatic carbocycles. The van der Waals surface area contributed by atoms with Crippen molar-refractivity contribution < 1.29 is 22.3 Å². The predicted molar refractivity (Wildman–Crippen MR) is 45.2 cm³/mol. The average molecular weight is 274 g/mol. The Kier molecular flexibility index (Phi) is 2.89. The van der Waals surface area contributed by atoms with Gasteiger partial charge in [-0.25, -0.2) is 4.39 Å². The van der Waals surface area contributed by atoms with Crippen LogP contribution >= 0.6 is 15.9 Å². The maximum absolute atomic E-state index is 12.8. The van der Waals surface area contributed by atoms with Crippen LogP contribution in [0.3, 0.4) is 0 Å². The van der Waals surface area contributed by atoms with E-state index in [2.05, 4.69) is 20.7 Å². The molecular weight excluding hydrogens is 270 g/mol. The first-order valence-corrected chi connectivity index (χ1v) is 4.10. The van der Waals surface area contributed by atoms with Crippen molar-refractivity contribution in [3.8, 4) is 5.75 Å². The van der Waals surface area contributed by atoms with Crippen LogP contribution in [0.25, 0.3) is 0 Å². The quantitative estimate of drug-likeness (QED) is 0.631. The van der Waals surface area contributed by atoms with Gasteiger partial charge in [0.15, 0.2) is 5.75 Å². The summed E-state index contributed by atoms with van der Waals surface area (Å²) >= 11 is 2.60. The molecule has 0 amide bonds. The van der Waals surface area contributed by atoms with Crippen LogP contribution in [0.1, 0.15) is 0 Å². The molecule has 0 aliphatic rings. The van der Waals surface area contributed by atoms with Crippen molar-refractivity contribution in [2.24, 2.45) is 0 Å². The van der Waals surface area contributed by atoms with Gasteiger partial charge in [-0.2, -0.15) is 0 Å². The lowest BCUT2D eigenvalue weighted by atomic mass is 10.3. The maximum Gasteiger partial charge on any atom is 0.573 e. The van der Waals surface area contributed by atoms with Gasteiger partial charge in [0, 0.05) is 0 Å². The fourth-order valence-electron chi connectivity index (χ4n) is 0.766. The number of alkyl halides is 3. The molecule has 14 heavy (non-hydrogen) atoms. The molecule has 1 rings (SSSR count). The van der Waals surface area contributed by atoms with E-state index in [0.29, 0.717) is 0 Å². The van der Waals surface area contributed by atoms with E-state index in [4.69, 9.17) is 5.73 Å². The zero-order chi connectivity index (χ0) is 10.9. The van der Waals surface area contributed by atoms with Gasteiger partial charge in [-0.3, -0.25) is 0 Å². The molecule has 0 unspecified atom stereocenters. The molecule has 0 atom stereocenters. The number of anilines is 1. The van der Waals surface area contributed by atoms with Crippen molar-refractivity contribution in [1.29, 1.82) is 0 Å². The molecular formula is C7H4BrF4NO. The molecule has 0 heterocycles. The molecule has 0 saturated heterocycles. The van der Waals surface area contributed by atoms with Crippen molar-refractivity contribution in [2.75, 3.05) is 5.73 Å². The summed E-state index contributed by atoms with van der Waals surface area (Å²) < 4.78 is 51.3. The van der Waals surface area contributed by atoms with Gasteiger partial charge in [-0.05, 0) is 28.1 Å². The van der Waals surface area contributed by atoms with Crippen LogP contribution in [0.2, 0.25) is 0 Å². The third kappa shape index (κ3) is 2.50. The molecule has 0 bridgehead atoms. The van der Waals surface area contributed by atoms with Crippen LogP contribution in [0.5, 0.6) is 5.75 Å². The Balaban J connectivity index is 3.13. The van der Waals surface area contributed by atoms with Crippen LogP contribution in [-0.2, 0) is 0 Å². The van der Waals surface area contributed by atoms with E-state index in [0.717, 1.165) is 12.1 Å². The fraction of sp³-hybridized carbons (Fsp3) is 0.143. The Hall–Kier alpha value is -0.980.